The molecule has 0 aromatic rings. The zero-order chi connectivity index (χ0) is 11.3. The van der Waals surface area contributed by atoms with Crippen molar-refractivity contribution in [2.45, 2.75) is 12.8 Å². The molecule has 0 saturated carbocycles. The smallest absolute Gasteiger partial charge is 0.215 e. The van der Waals surface area contributed by atoms with Gasteiger partial charge in [0.2, 0.25) is 10.0 Å². The third-order valence-corrected chi connectivity index (χ3v) is 4.56. The van der Waals surface area contributed by atoms with Crippen LogP contribution in [0.2, 0.25) is 0 Å². The molecule has 5 nitrogen and oxygen atoms in total. The SMILES string of the molecule is CN(CC1CCOCC1)S(=O)(=O)CCN. The Morgan fingerprint density at radius 1 is 1.40 bits per heavy atom. The summed E-state index contributed by atoms with van der Waals surface area (Å²) in [5, 5.41) is 0. The molecule has 0 aliphatic carbocycles. The molecule has 0 bridgehead atoms. The maximum Gasteiger partial charge on any atom is 0.215 e. The standard InChI is InChI=1S/C9H20N2O3S/c1-11(15(12,13)7-4-10)8-9-2-5-14-6-3-9/h9H,2-8,10H2,1H3. The van der Waals surface area contributed by atoms with Crippen LogP contribution in [0.25, 0.3) is 0 Å². The topological polar surface area (TPSA) is 72.6 Å². The number of nitrogens with zero attached hydrogens (tertiary/aromatic N) is 1. The van der Waals surface area contributed by atoms with Crippen LogP contribution in [-0.4, -0.2) is 51.8 Å². The number of ether oxygens (including phenoxy) is 1. The summed E-state index contributed by atoms with van der Waals surface area (Å²) in [6.45, 7) is 2.26. The number of sulfonamides is 1. The molecule has 0 spiro atoms. The fourth-order valence-electron chi connectivity index (χ4n) is 1.71. The van der Waals surface area contributed by atoms with E-state index in [0.29, 0.717) is 12.5 Å². The van der Waals surface area contributed by atoms with Gasteiger partial charge in [-0.3, -0.25) is 0 Å². The second-order valence-corrected chi connectivity index (χ2v) is 6.14. The van der Waals surface area contributed by atoms with E-state index >= 15 is 0 Å². The molecule has 1 aliphatic rings. The Morgan fingerprint density at radius 3 is 2.53 bits per heavy atom. The summed E-state index contributed by atoms with van der Waals surface area (Å²) in [5.41, 5.74) is 5.26. The molecule has 2 N–H and O–H groups in total. The maximum atomic E-state index is 11.6. The van der Waals surface area contributed by atoms with Crippen LogP contribution in [0.1, 0.15) is 12.8 Å². The van der Waals surface area contributed by atoms with E-state index in [4.69, 9.17) is 10.5 Å². The Hall–Kier alpha value is -0.170. The average molecular weight is 236 g/mol. The Labute approximate surface area is 91.6 Å². The van der Waals surface area contributed by atoms with Gasteiger partial charge in [0, 0.05) is 33.4 Å². The van der Waals surface area contributed by atoms with Crippen LogP contribution in [0.3, 0.4) is 0 Å². The zero-order valence-corrected chi connectivity index (χ0v) is 10.0. The van der Waals surface area contributed by atoms with Crippen molar-refractivity contribution in [3.05, 3.63) is 0 Å². The van der Waals surface area contributed by atoms with E-state index in [2.05, 4.69) is 0 Å². The Morgan fingerprint density at radius 2 is 2.00 bits per heavy atom. The maximum absolute atomic E-state index is 11.6. The minimum atomic E-state index is -3.14. The van der Waals surface area contributed by atoms with Crippen molar-refractivity contribution in [1.82, 2.24) is 4.31 Å². The highest BCUT2D eigenvalue weighted by Crippen LogP contribution is 2.16. The normalized spacial score (nSPS) is 19.7. The van der Waals surface area contributed by atoms with Crippen LogP contribution in [-0.2, 0) is 14.8 Å². The quantitative estimate of drug-likeness (QED) is 0.707. The molecule has 90 valence electrons. The molecule has 1 rings (SSSR count). The van der Waals surface area contributed by atoms with Crippen LogP contribution < -0.4 is 5.73 Å². The number of hydrogen-bond donors (Lipinski definition) is 1. The van der Waals surface area contributed by atoms with Gasteiger partial charge in [-0.2, -0.15) is 0 Å². The first-order chi connectivity index (χ1) is 7.06. The van der Waals surface area contributed by atoms with Crippen LogP contribution in [0.5, 0.6) is 0 Å². The lowest BCUT2D eigenvalue weighted by Gasteiger charge is -2.26. The van der Waals surface area contributed by atoms with Crippen molar-refractivity contribution < 1.29 is 13.2 Å². The predicted octanol–water partition coefficient (Wildman–Crippen LogP) is -0.367. The summed E-state index contributed by atoms with van der Waals surface area (Å²) >= 11 is 0. The van der Waals surface area contributed by atoms with Crippen LogP contribution in [0.15, 0.2) is 0 Å². The number of nitrogens with two attached hydrogens (primary N) is 1. The van der Waals surface area contributed by atoms with Crippen molar-refractivity contribution in [3.63, 3.8) is 0 Å². The summed E-state index contributed by atoms with van der Waals surface area (Å²) in [5.74, 6) is 0.462. The van der Waals surface area contributed by atoms with Crippen LogP contribution in [0.4, 0.5) is 0 Å². The van der Waals surface area contributed by atoms with E-state index < -0.39 is 10.0 Å². The Bertz CT molecular complexity index is 273. The highest BCUT2D eigenvalue weighted by molar-refractivity contribution is 7.89. The van der Waals surface area contributed by atoms with Gasteiger partial charge < -0.3 is 10.5 Å². The molecular formula is C9H20N2O3S. The third-order valence-electron chi connectivity index (χ3n) is 2.71. The molecule has 1 fully saturated rings. The second-order valence-electron chi connectivity index (χ2n) is 3.94. The van der Waals surface area contributed by atoms with E-state index in [1.807, 2.05) is 0 Å². The highest BCUT2D eigenvalue weighted by Gasteiger charge is 2.22. The molecule has 6 heteroatoms. The predicted molar refractivity (Wildman–Crippen MR) is 59.0 cm³/mol. The molecule has 0 aromatic heterocycles. The average Bonchev–Trinajstić information content (AvgIpc) is 2.19. The Kier molecular flexibility index (Phi) is 4.98. The van der Waals surface area contributed by atoms with E-state index in [0.717, 1.165) is 26.1 Å². The molecule has 0 aromatic carbocycles. The minimum Gasteiger partial charge on any atom is -0.381 e. The molecule has 0 amide bonds. The van der Waals surface area contributed by atoms with Gasteiger partial charge in [0.05, 0.1) is 5.75 Å². The van der Waals surface area contributed by atoms with Crippen LogP contribution in [0, 0.1) is 5.92 Å². The van der Waals surface area contributed by atoms with Gasteiger partial charge in [-0.1, -0.05) is 0 Å². The molecule has 0 atom stereocenters. The van der Waals surface area contributed by atoms with Crippen LogP contribution >= 0.6 is 0 Å². The van der Waals surface area contributed by atoms with Crippen molar-refractivity contribution >= 4 is 10.0 Å². The second kappa shape index (κ2) is 5.79. The summed E-state index contributed by atoms with van der Waals surface area (Å²) in [7, 11) is -1.52. The molecule has 0 unspecified atom stereocenters. The van der Waals surface area contributed by atoms with Crippen molar-refractivity contribution in [1.29, 1.82) is 0 Å². The van der Waals surface area contributed by atoms with E-state index in [1.165, 1.54) is 4.31 Å². The minimum absolute atomic E-state index is 0.0344. The first kappa shape index (κ1) is 12.9. The van der Waals surface area contributed by atoms with Crippen molar-refractivity contribution in [3.8, 4) is 0 Å². The fourth-order valence-corrected chi connectivity index (χ4v) is 2.76. The molecular weight excluding hydrogens is 216 g/mol. The van der Waals surface area contributed by atoms with Gasteiger partial charge in [0.15, 0.2) is 0 Å². The van der Waals surface area contributed by atoms with Crippen molar-refractivity contribution in [2.24, 2.45) is 11.7 Å². The summed E-state index contributed by atoms with van der Waals surface area (Å²) in [6.07, 6.45) is 1.89. The molecule has 1 saturated heterocycles. The lowest BCUT2D eigenvalue weighted by atomic mass is 10.0. The monoisotopic (exact) mass is 236 g/mol. The van der Waals surface area contributed by atoms with Gasteiger partial charge in [0.25, 0.3) is 0 Å². The molecule has 0 radical (unpaired) electrons. The first-order valence-corrected chi connectivity index (χ1v) is 6.89. The number of hydrogen-bond acceptors (Lipinski definition) is 4. The van der Waals surface area contributed by atoms with E-state index in [-0.39, 0.29) is 12.3 Å². The fraction of sp³-hybridized carbons (Fsp3) is 1.00. The summed E-state index contributed by atoms with van der Waals surface area (Å²) < 4.78 is 29.9. The lowest BCUT2D eigenvalue weighted by molar-refractivity contribution is 0.0620. The lowest BCUT2D eigenvalue weighted by Crippen LogP contribution is -2.37. The third kappa shape index (κ3) is 4.06. The van der Waals surface area contributed by atoms with Crippen molar-refractivity contribution in [2.75, 3.05) is 39.1 Å². The largest absolute Gasteiger partial charge is 0.381 e. The number of rotatable bonds is 5. The van der Waals surface area contributed by atoms with Gasteiger partial charge in [0.1, 0.15) is 0 Å². The van der Waals surface area contributed by atoms with Gasteiger partial charge in [-0.25, -0.2) is 12.7 Å². The summed E-state index contributed by atoms with van der Waals surface area (Å²) in [6, 6.07) is 0. The van der Waals surface area contributed by atoms with Gasteiger partial charge >= 0.3 is 0 Å². The van der Waals surface area contributed by atoms with Gasteiger partial charge in [-0.15, -0.1) is 0 Å². The molecule has 1 aliphatic heterocycles. The first-order valence-electron chi connectivity index (χ1n) is 5.28. The van der Waals surface area contributed by atoms with E-state index in [1.54, 1.807) is 7.05 Å². The zero-order valence-electron chi connectivity index (χ0n) is 9.18. The molecule has 15 heavy (non-hydrogen) atoms. The van der Waals surface area contributed by atoms with Gasteiger partial charge in [-0.05, 0) is 18.8 Å². The Balaban J connectivity index is 2.43. The molecule has 1 heterocycles. The highest BCUT2D eigenvalue weighted by atomic mass is 32.2. The van der Waals surface area contributed by atoms with E-state index in [9.17, 15) is 8.42 Å². The summed E-state index contributed by atoms with van der Waals surface area (Å²) in [4.78, 5) is 0.